The molecule has 0 saturated carbocycles. The van der Waals surface area contributed by atoms with Crippen LogP contribution >= 0.6 is 0 Å². The molecule has 8 nitrogen and oxygen atoms in total. The number of benzene rings is 1. The largest absolute Gasteiger partial charge is 0.507 e. The number of hydrogen-bond acceptors (Lipinski definition) is 8. The van der Waals surface area contributed by atoms with Crippen molar-refractivity contribution < 1.29 is 38.8 Å². The first-order valence-electron chi connectivity index (χ1n) is 9.38. The molecule has 4 atom stereocenters. The number of anilines is 1. The molecule has 0 unspecified atom stereocenters. The number of aromatic hydroxyl groups is 1. The molecular weight excluding hydrogens is 385 g/mol. The van der Waals surface area contributed by atoms with Crippen molar-refractivity contribution in [3.8, 4) is 11.5 Å². The number of esters is 1. The first kappa shape index (κ1) is 22.6. The zero-order valence-corrected chi connectivity index (χ0v) is 16.5. The van der Waals surface area contributed by atoms with Crippen LogP contribution in [0.1, 0.15) is 37.6 Å². The third kappa shape index (κ3) is 5.45. The van der Waals surface area contributed by atoms with Crippen molar-refractivity contribution >= 4 is 17.4 Å². The highest BCUT2D eigenvalue weighted by Gasteiger charge is 2.30. The third-order valence-electron chi connectivity index (χ3n) is 4.65. The summed E-state index contributed by atoms with van der Waals surface area (Å²) in [7, 11) is 0. The van der Waals surface area contributed by atoms with Crippen LogP contribution in [-0.2, 0) is 9.53 Å². The Bertz CT molecular complexity index is 795. The predicted molar refractivity (Wildman–Crippen MR) is 103 cm³/mol. The summed E-state index contributed by atoms with van der Waals surface area (Å²) >= 11 is 0. The van der Waals surface area contributed by atoms with Crippen molar-refractivity contribution in [1.82, 2.24) is 0 Å². The van der Waals surface area contributed by atoms with Gasteiger partial charge in [0.15, 0.2) is 5.83 Å². The number of phenols is 1. The van der Waals surface area contributed by atoms with Gasteiger partial charge in [-0.3, -0.25) is 4.79 Å². The number of ketones is 1. The molecular formula is C20H26FNO7. The molecule has 29 heavy (non-hydrogen) atoms. The standard InChI is InChI=1S/C20H26FNO7/c1-4-22-12-8-15(24)17-16(9-12)28-6-5-14(23)19(26)18(25)13(21)7-10(2)11(3)29-20(17)27/h7-11,14,19,22-24,26H,4-6H2,1-3H3/b13-7+/t10-,11+,14+,19+/m1/s1. The number of nitrogens with one attached hydrogen (secondary N) is 1. The van der Waals surface area contributed by atoms with E-state index in [1.807, 2.05) is 6.92 Å². The minimum atomic E-state index is -1.95. The zero-order chi connectivity index (χ0) is 21.7. The molecule has 1 heterocycles. The lowest BCUT2D eigenvalue weighted by molar-refractivity contribution is -0.130. The molecule has 2 rings (SSSR count). The fourth-order valence-corrected chi connectivity index (χ4v) is 2.77. The Balaban J connectivity index is 2.45. The van der Waals surface area contributed by atoms with Gasteiger partial charge in [0.25, 0.3) is 0 Å². The van der Waals surface area contributed by atoms with Crippen LogP contribution in [0.5, 0.6) is 11.5 Å². The maximum Gasteiger partial charge on any atom is 0.346 e. The fourth-order valence-electron chi connectivity index (χ4n) is 2.77. The fraction of sp³-hybridized carbons (Fsp3) is 0.500. The average molecular weight is 411 g/mol. The van der Waals surface area contributed by atoms with Crippen molar-refractivity contribution in [2.24, 2.45) is 5.92 Å². The second kappa shape index (κ2) is 9.71. The van der Waals surface area contributed by atoms with Gasteiger partial charge < -0.3 is 30.1 Å². The second-order valence-corrected chi connectivity index (χ2v) is 6.90. The number of Topliss-reactive ketones (excluding diaryl/α,β-unsaturated/α-hetero) is 1. The lowest BCUT2D eigenvalue weighted by Gasteiger charge is -2.22. The number of aliphatic hydroxyl groups is 2. The molecule has 160 valence electrons. The van der Waals surface area contributed by atoms with E-state index in [0.717, 1.165) is 6.08 Å². The number of phenolic OH excluding ortho intramolecular Hbond substituents is 1. The highest BCUT2D eigenvalue weighted by atomic mass is 19.1. The van der Waals surface area contributed by atoms with Crippen molar-refractivity contribution in [2.45, 2.75) is 45.5 Å². The van der Waals surface area contributed by atoms with Crippen LogP contribution in [0.25, 0.3) is 0 Å². The van der Waals surface area contributed by atoms with Crippen LogP contribution in [0.4, 0.5) is 10.1 Å². The van der Waals surface area contributed by atoms with Gasteiger partial charge in [-0.15, -0.1) is 0 Å². The monoisotopic (exact) mass is 411 g/mol. The molecule has 1 aromatic rings. The lowest BCUT2D eigenvalue weighted by Crippen LogP contribution is -2.36. The molecule has 0 amide bonds. The normalized spacial score (nSPS) is 28.3. The molecule has 4 N–H and O–H groups in total. The van der Waals surface area contributed by atoms with Crippen molar-refractivity contribution in [3.63, 3.8) is 0 Å². The number of hydrogen-bond donors (Lipinski definition) is 4. The number of cyclic esters (lactones) is 1. The molecule has 0 aliphatic carbocycles. The van der Waals surface area contributed by atoms with Crippen LogP contribution in [0.15, 0.2) is 24.0 Å². The molecule has 0 fully saturated rings. The van der Waals surface area contributed by atoms with Crippen molar-refractivity contribution in [1.29, 1.82) is 0 Å². The Hall–Kier alpha value is -2.65. The molecule has 0 spiro atoms. The van der Waals surface area contributed by atoms with Gasteiger partial charge in [-0.25, -0.2) is 9.18 Å². The van der Waals surface area contributed by atoms with Gasteiger partial charge in [0.1, 0.15) is 29.3 Å². The van der Waals surface area contributed by atoms with E-state index in [1.54, 1.807) is 0 Å². The molecule has 1 aliphatic rings. The van der Waals surface area contributed by atoms with E-state index in [2.05, 4.69) is 5.32 Å². The zero-order valence-electron chi connectivity index (χ0n) is 16.5. The maximum atomic E-state index is 14.1. The number of ether oxygens (including phenoxy) is 2. The van der Waals surface area contributed by atoms with Crippen LogP contribution in [0.3, 0.4) is 0 Å². The van der Waals surface area contributed by atoms with Crippen LogP contribution < -0.4 is 10.1 Å². The number of carbonyl (C=O) groups is 2. The Morgan fingerprint density at radius 3 is 2.59 bits per heavy atom. The Labute approximate surface area is 167 Å². The van der Waals surface area contributed by atoms with E-state index < -0.39 is 41.8 Å². The Kier molecular flexibility index (Phi) is 7.58. The SMILES string of the molecule is CCNc1cc(O)c2c(c1)OCC[C@H](O)[C@H](O)C(=O)/C(F)=C\[C@@H](C)[C@H](C)OC2=O. The number of fused-ring (bicyclic) bond motifs is 1. The van der Waals surface area contributed by atoms with Gasteiger partial charge in [-0.2, -0.15) is 0 Å². The van der Waals surface area contributed by atoms with E-state index in [0.29, 0.717) is 12.2 Å². The molecule has 0 aromatic heterocycles. The summed E-state index contributed by atoms with van der Waals surface area (Å²) in [6.07, 6.45) is -3.67. The molecule has 0 saturated heterocycles. The summed E-state index contributed by atoms with van der Waals surface area (Å²) in [4.78, 5) is 24.6. The maximum absolute atomic E-state index is 14.1. The van der Waals surface area contributed by atoms with E-state index in [9.17, 15) is 29.3 Å². The summed E-state index contributed by atoms with van der Waals surface area (Å²) in [5.41, 5.74) is 0.290. The van der Waals surface area contributed by atoms with E-state index >= 15 is 0 Å². The average Bonchev–Trinajstić information content (AvgIpc) is 2.65. The highest BCUT2D eigenvalue weighted by Crippen LogP contribution is 2.34. The molecule has 0 radical (unpaired) electrons. The minimum absolute atomic E-state index is 0.0117. The topological polar surface area (TPSA) is 125 Å². The van der Waals surface area contributed by atoms with Gasteiger partial charge in [0.05, 0.1) is 12.7 Å². The third-order valence-corrected chi connectivity index (χ3v) is 4.65. The summed E-state index contributed by atoms with van der Waals surface area (Å²) in [6, 6.07) is 2.84. The minimum Gasteiger partial charge on any atom is -0.507 e. The quantitative estimate of drug-likeness (QED) is 0.544. The van der Waals surface area contributed by atoms with Crippen LogP contribution in [0.2, 0.25) is 0 Å². The lowest BCUT2D eigenvalue weighted by atomic mass is 10.0. The van der Waals surface area contributed by atoms with E-state index in [1.165, 1.54) is 26.0 Å². The molecule has 1 aromatic carbocycles. The van der Waals surface area contributed by atoms with Crippen LogP contribution in [0, 0.1) is 5.92 Å². The number of halogens is 1. The summed E-state index contributed by atoms with van der Waals surface area (Å²) < 4.78 is 25.0. The van der Waals surface area contributed by atoms with E-state index in [-0.39, 0.29) is 30.1 Å². The number of aliphatic hydroxyl groups excluding tert-OH is 2. The van der Waals surface area contributed by atoms with Crippen molar-refractivity contribution in [3.05, 3.63) is 29.6 Å². The van der Waals surface area contributed by atoms with Gasteiger partial charge in [0, 0.05) is 36.7 Å². The molecule has 0 bridgehead atoms. The van der Waals surface area contributed by atoms with Crippen molar-refractivity contribution in [2.75, 3.05) is 18.5 Å². The molecule has 1 aliphatic heterocycles. The van der Waals surface area contributed by atoms with Gasteiger partial charge in [0.2, 0.25) is 5.78 Å². The number of rotatable bonds is 2. The highest BCUT2D eigenvalue weighted by molar-refractivity contribution is 5.97. The van der Waals surface area contributed by atoms with Crippen LogP contribution in [-0.4, -0.2) is 58.5 Å². The number of carbonyl (C=O) groups excluding carboxylic acids is 2. The Morgan fingerprint density at radius 2 is 1.93 bits per heavy atom. The second-order valence-electron chi connectivity index (χ2n) is 6.90. The van der Waals surface area contributed by atoms with Gasteiger partial charge >= 0.3 is 5.97 Å². The predicted octanol–water partition coefficient (Wildman–Crippen LogP) is 1.93. The summed E-state index contributed by atoms with van der Waals surface area (Å²) in [5.74, 6) is -4.44. The van der Waals surface area contributed by atoms with Gasteiger partial charge in [-0.1, -0.05) is 6.92 Å². The first-order valence-corrected chi connectivity index (χ1v) is 9.38. The van der Waals surface area contributed by atoms with Gasteiger partial charge in [-0.05, 0) is 19.9 Å². The Morgan fingerprint density at radius 1 is 1.24 bits per heavy atom. The smallest absolute Gasteiger partial charge is 0.346 e. The summed E-state index contributed by atoms with van der Waals surface area (Å²) in [5, 5.41) is 33.2. The van der Waals surface area contributed by atoms with E-state index in [4.69, 9.17) is 9.47 Å². The first-order chi connectivity index (χ1) is 13.6. The summed E-state index contributed by atoms with van der Waals surface area (Å²) in [6.45, 7) is 5.21. The molecule has 9 heteroatoms.